The maximum atomic E-state index is 13.2. The number of rotatable bonds is 6. The van der Waals surface area contributed by atoms with Gasteiger partial charge in [-0.2, -0.15) is 4.98 Å². The minimum absolute atomic E-state index is 0.159. The first-order valence-electron chi connectivity index (χ1n) is 11.6. The van der Waals surface area contributed by atoms with Crippen molar-refractivity contribution in [3.63, 3.8) is 0 Å². The molecule has 2 fully saturated rings. The first-order valence-corrected chi connectivity index (χ1v) is 11.6. The second-order valence-electron chi connectivity index (χ2n) is 9.15. The van der Waals surface area contributed by atoms with Gasteiger partial charge in [0, 0.05) is 30.6 Å². The molecule has 5 rings (SSSR count). The smallest absolute Gasteiger partial charge is 0.274 e. The lowest BCUT2D eigenvalue weighted by molar-refractivity contribution is 0.101. The second-order valence-corrected chi connectivity index (χ2v) is 9.15. The van der Waals surface area contributed by atoms with Crippen molar-refractivity contribution >= 4 is 17.4 Å². The average molecular weight is 436 g/mol. The average Bonchev–Trinajstić information content (AvgIpc) is 3.53. The van der Waals surface area contributed by atoms with Gasteiger partial charge in [-0.15, -0.1) is 0 Å². The number of amides is 1. The highest BCUT2D eigenvalue weighted by Gasteiger charge is 2.26. The molecule has 2 aliphatic carbocycles. The van der Waals surface area contributed by atoms with Gasteiger partial charge in [-0.3, -0.25) is 14.0 Å². The Bertz CT molecular complexity index is 1200. The van der Waals surface area contributed by atoms with Crippen LogP contribution in [-0.4, -0.2) is 30.9 Å². The monoisotopic (exact) mass is 435 g/mol. The number of fused-ring (bicyclic) bond motifs is 1. The first kappa shape index (κ1) is 20.7. The normalized spacial score (nSPS) is 17.1. The Kier molecular flexibility index (Phi) is 5.45. The molecule has 0 bridgehead atoms. The Hall–Kier alpha value is -3.16. The van der Waals surface area contributed by atoms with Gasteiger partial charge in [0.2, 0.25) is 11.7 Å². The molecule has 2 saturated carbocycles. The number of hydrogen-bond donors (Lipinski definition) is 1. The van der Waals surface area contributed by atoms with Crippen molar-refractivity contribution in [2.24, 2.45) is 0 Å². The highest BCUT2D eigenvalue weighted by atomic mass is 16.5. The summed E-state index contributed by atoms with van der Waals surface area (Å²) in [6.07, 6.45) is 13.3. The zero-order valence-corrected chi connectivity index (χ0v) is 18.6. The highest BCUT2D eigenvalue weighted by molar-refractivity contribution is 6.05. The summed E-state index contributed by atoms with van der Waals surface area (Å²) in [5, 5.41) is 2.77. The first-order chi connectivity index (χ1) is 15.5. The predicted octanol–water partition coefficient (Wildman–Crippen LogP) is 4.31. The molecule has 0 radical (unpaired) electrons. The van der Waals surface area contributed by atoms with Crippen molar-refractivity contribution < 1.29 is 9.53 Å². The second kappa shape index (κ2) is 8.41. The number of carbonyl (C=O) groups is 1. The van der Waals surface area contributed by atoms with Crippen molar-refractivity contribution in [1.82, 2.24) is 18.9 Å². The van der Waals surface area contributed by atoms with E-state index in [2.05, 4.69) is 10.3 Å². The number of imidazole rings is 1. The van der Waals surface area contributed by atoms with E-state index >= 15 is 0 Å². The van der Waals surface area contributed by atoms with E-state index in [-0.39, 0.29) is 34.8 Å². The van der Waals surface area contributed by atoms with E-state index in [9.17, 15) is 9.59 Å². The van der Waals surface area contributed by atoms with Crippen LogP contribution in [0, 0.1) is 0 Å². The molecule has 0 atom stereocenters. The third-order valence-corrected chi connectivity index (χ3v) is 6.21. The zero-order valence-electron chi connectivity index (χ0n) is 18.6. The van der Waals surface area contributed by atoms with Gasteiger partial charge in [0.05, 0.1) is 11.8 Å². The Morgan fingerprint density at radius 2 is 1.91 bits per heavy atom. The number of carbonyl (C=O) groups excluding carboxylic acids is 1. The van der Waals surface area contributed by atoms with Crippen molar-refractivity contribution in [3.8, 4) is 5.88 Å². The zero-order chi connectivity index (χ0) is 22.2. The number of nitrogens with zero attached hydrogens (tertiary/aromatic N) is 4. The summed E-state index contributed by atoms with van der Waals surface area (Å²) in [4.78, 5) is 35.2. The van der Waals surface area contributed by atoms with Crippen LogP contribution in [0.1, 0.15) is 86.8 Å². The molecule has 3 heterocycles. The van der Waals surface area contributed by atoms with Crippen LogP contribution in [0.4, 0.5) is 5.69 Å². The lowest BCUT2D eigenvalue weighted by Gasteiger charge is -2.19. The quantitative estimate of drug-likeness (QED) is 0.623. The van der Waals surface area contributed by atoms with Gasteiger partial charge in [-0.05, 0) is 51.7 Å². The van der Waals surface area contributed by atoms with Crippen LogP contribution in [0.3, 0.4) is 0 Å². The van der Waals surface area contributed by atoms with Crippen LogP contribution >= 0.6 is 0 Å². The fraction of sp³-hybridized carbons (Fsp3) is 0.500. The standard InChI is InChI=1S/C24H29N5O3/c1-15(2)32-22-18(21(30)25-19-9-6-12-29(23(19)31)17-10-11-17)13-28-14-20(26-24(28)27-22)16-7-4-3-5-8-16/h6,9,12-17H,3-5,7-8,10-11H2,1-2H3,(H,25,30). The van der Waals surface area contributed by atoms with Crippen LogP contribution in [-0.2, 0) is 0 Å². The Morgan fingerprint density at radius 3 is 2.62 bits per heavy atom. The van der Waals surface area contributed by atoms with Gasteiger partial charge < -0.3 is 14.6 Å². The lowest BCUT2D eigenvalue weighted by Crippen LogP contribution is -2.25. The van der Waals surface area contributed by atoms with E-state index in [0.717, 1.165) is 31.4 Å². The predicted molar refractivity (Wildman–Crippen MR) is 122 cm³/mol. The third-order valence-electron chi connectivity index (χ3n) is 6.21. The molecule has 32 heavy (non-hydrogen) atoms. The SMILES string of the molecule is CC(C)Oc1nc2nc(C3CCCCC3)cn2cc1C(=O)Nc1cccn(C2CC2)c1=O. The molecule has 0 aromatic carbocycles. The number of nitrogens with one attached hydrogen (secondary N) is 1. The van der Waals surface area contributed by atoms with E-state index in [1.54, 1.807) is 33.5 Å². The lowest BCUT2D eigenvalue weighted by atomic mass is 9.87. The van der Waals surface area contributed by atoms with Gasteiger partial charge in [-0.25, -0.2) is 4.98 Å². The molecule has 8 heteroatoms. The largest absolute Gasteiger partial charge is 0.474 e. The van der Waals surface area contributed by atoms with Gasteiger partial charge in [0.25, 0.3) is 11.5 Å². The number of ether oxygens (including phenoxy) is 1. The highest BCUT2D eigenvalue weighted by Crippen LogP contribution is 2.34. The van der Waals surface area contributed by atoms with Crippen LogP contribution < -0.4 is 15.6 Å². The molecule has 1 N–H and O–H groups in total. The molecular weight excluding hydrogens is 406 g/mol. The summed E-state index contributed by atoms with van der Waals surface area (Å²) in [7, 11) is 0. The van der Waals surface area contributed by atoms with Crippen LogP contribution in [0.15, 0.2) is 35.5 Å². The molecule has 0 unspecified atom stereocenters. The van der Waals surface area contributed by atoms with Crippen molar-refractivity contribution in [3.05, 3.63) is 52.3 Å². The topological polar surface area (TPSA) is 90.5 Å². The summed E-state index contributed by atoms with van der Waals surface area (Å²) in [6, 6.07) is 3.66. The molecule has 0 spiro atoms. The Morgan fingerprint density at radius 1 is 1.12 bits per heavy atom. The minimum Gasteiger partial charge on any atom is -0.474 e. The summed E-state index contributed by atoms with van der Waals surface area (Å²) in [5.74, 6) is 0.758. The Balaban J connectivity index is 1.49. The fourth-order valence-corrected chi connectivity index (χ4v) is 4.42. The van der Waals surface area contributed by atoms with Crippen LogP contribution in [0.2, 0.25) is 0 Å². The van der Waals surface area contributed by atoms with E-state index < -0.39 is 5.91 Å². The molecule has 0 saturated heterocycles. The molecule has 168 valence electrons. The van der Waals surface area contributed by atoms with Gasteiger partial charge in [0.1, 0.15) is 11.3 Å². The maximum absolute atomic E-state index is 13.2. The third kappa shape index (κ3) is 4.13. The molecular formula is C24H29N5O3. The molecule has 3 aromatic heterocycles. The molecule has 8 nitrogen and oxygen atoms in total. The summed E-state index contributed by atoms with van der Waals surface area (Å²) in [6.45, 7) is 3.77. The summed E-state index contributed by atoms with van der Waals surface area (Å²) < 4.78 is 9.34. The molecule has 0 aliphatic heterocycles. The maximum Gasteiger partial charge on any atom is 0.274 e. The van der Waals surface area contributed by atoms with Gasteiger partial charge >= 0.3 is 0 Å². The van der Waals surface area contributed by atoms with E-state index in [0.29, 0.717) is 11.7 Å². The number of hydrogen-bond acceptors (Lipinski definition) is 5. The minimum atomic E-state index is -0.423. The van der Waals surface area contributed by atoms with Gasteiger partial charge in [0.15, 0.2) is 0 Å². The molecule has 1 amide bonds. The van der Waals surface area contributed by atoms with Crippen molar-refractivity contribution in [1.29, 1.82) is 0 Å². The summed E-state index contributed by atoms with van der Waals surface area (Å²) >= 11 is 0. The number of anilines is 1. The van der Waals surface area contributed by atoms with E-state index in [4.69, 9.17) is 9.72 Å². The molecule has 3 aromatic rings. The number of aromatic nitrogens is 4. The van der Waals surface area contributed by atoms with E-state index in [1.807, 2.05) is 20.0 Å². The van der Waals surface area contributed by atoms with Crippen LogP contribution in [0.5, 0.6) is 5.88 Å². The Labute approximate surface area is 186 Å². The number of pyridine rings is 1. The van der Waals surface area contributed by atoms with Crippen LogP contribution in [0.25, 0.3) is 5.78 Å². The van der Waals surface area contributed by atoms with Crippen molar-refractivity contribution in [2.75, 3.05) is 5.32 Å². The van der Waals surface area contributed by atoms with Crippen molar-refractivity contribution in [2.45, 2.75) is 76.9 Å². The van der Waals surface area contributed by atoms with Gasteiger partial charge in [-0.1, -0.05) is 19.3 Å². The fourth-order valence-electron chi connectivity index (χ4n) is 4.42. The van der Waals surface area contributed by atoms with E-state index in [1.165, 1.54) is 19.3 Å². The molecule has 2 aliphatic rings. The summed E-state index contributed by atoms with van der Waals surface area (Å²) in [5.41, 5.74) is 1.36.